The summed E-state index contributed by atoms with van der Waals surface area (Å²) in [6, 6.07) is 0. The molecule has 0 bridgehead atoms. The van der Waals surface area contributed by atoms with E-state index in [0.717, 1.165) is 0 Å². The number of hydrogen-bond acceptors (Lipinski definition) is 4. The Morgan fingerprint density at radius 2 is 1.17 bits per heavy atom. The highest BCUT2D eigenvalue weighted by Gasteiger charge is 1.98. The standard InChI is InChI=1S/C14H18O4/c1-3-5-7-9-13(15)17-11-12-18-14(16)10-8-6-4-2/h3-10H,11-12H2,1-2H3/b5-3+,6-4+,9-7+,10-8+. The van der Waals surface area contributed by atoms with Crippen LogP contribution in [-0.2, 0) is 19.1 Å². The number of ether oxygens (including phenoxy) is 2. The first-order valence-electron chi connectivity index (χ1n) is 5.63. The predicted octanol–water partition coefficient (Wildman–Crippen LogP) is 2.34. The monoisotopic (exact) mass is 250 g/mol. The molecule has 98 valence electrons. The van der Waals surface area contributed by atoms with Gasteiger partial charge in [-0.3, -0.25) is 0 Å². The zero-order valence-corrected chi connectivity index (χ0v) is 10.7. The van der Waals surface area contributed by atoms with Gasteiger partial charge in [-0.1, -0.05) is 36.5 Å². The highest BCUT2D eigenvalue weighted by Crippen LogP contribution is 1.87. The molecule has 0 amide bonds. The average molecular weight is 250 g/mol. The molecule has 0 aliphatic heterocycles. The molecule has 0 N–H and O–H groups in total. The van der Waals surface area contributed by atoms with E-state index in [1.54, 1.807) is 36.5 Å². The van der Waals surface area contributed by atoms with Crippen LogP contribution < -0.4 is 0 Å². The molecule has 0 unspecified atom stereocenters. The molecule has 0 saturated carbocycles. The molecule has 0 heterocycles. The molecule has 0 aromatic heterocycles. The minimum absolute atomic E-state index is 0.0439. The lowest BCUT2D eigenvalue weighted by atomic mass is 10.4. The van der Waals surface area contributed by atoms with E-state index in [1.165, 1.54) is 12.2 Å². The Labute approximate surface area is 107 Å². The number of rotatable bonds is 7. The molecule has 0 atom stereocenters. The second-order valence-corrected chi connectivity index (χ2v) is 3.10. The average Bonchev–Trinajstić information content (AvgIpc) is 2.35. The van der Waals surface area contributed by atoms with Gasteiger partial charge in [-0.15, -0.1) is 0 Å². The second kappa shape index (κ2) is 11.4. The lowest BCUT2D eigenvalue weighted by Gasteiger charge is -2.02. The summed E-state index contributed by atoms with van der Waals surface area (Å²) in [6.45, 7) is 3.77. The van der Waals surface area contributed by atoms with Gasteiger partial charge in [0.15, 0.2) is 0 Å². The Balaban J connectivity index is 3.67. The molecule has 0 aromatic rings. The van der Waals surface area contributed by atoms with Crippen LogP contribution in [0.2, 0.25) is 0 Å². The molecule has 4 nitrogen and oxygen atoms in total. The van der Waals surface area contributed by atoms with Crippen LogP contribution in [0.4, 0.5) is 0 Å². The third kappa shape index (κ3) is 10.4. The van der Waals surface area contributed by atoms with Gasteiger partial charge < -0.3 is 9.47 Å². The molecule has 0 aliphatic carbocycles. The van der Waals surface area contributed by atoms with E-state index < -0.39 is 11.9 Å². The van der Waals surface area contributed by atoms with Gasteiger partial charge >= 0.3 is 11.9 Å². The maximum atomic E-state index is 11.1. The van der Waals surface area contributed by atoms with Crippen LogP contribution in [-0.4, -0.2) is 25.2 Å². The molecule has 0 saturated heterocycles. The van der Waals surface area contributed by atoms with Crippen molar-refractivity contribution in [2.75, 3.05) is 13.2 Å². The third-order valence-corrected chi connectivity index (χ3v) is 1.64. The smallest absolute Gasteiger partial charge is 0.330 e. The summed E-state index contributed by atoms with van der Waals surface area (Å²) in [6.07, 6.45) is 12.8. The van der Waals surface area contributed by atoms with E-state index in [1.807, 2.05) is 13.8 Å². The minimum atomic E-state index is -0.464. The van der Waals surface area contributed by atoms with Gasteiger partial charge in [0.1, 0.15) is 13.2 Å². The van der Waals surface area contributed by atoms with Crippen molar-refractivity contribution in [1.82, 2.24) is 0 Å². The van der Waals surface area contributed by atoms with Gasteiger partial charge in [-0.25, -0.2) is 9.59 Å². The quantitative estimate of drug-likeness (QED) is 0.301. The summed E-state index contributed by atoms with van der Waals surface area (Å²) in [5, 5.41) is 0. The highest BCUT2D eigenvalue weighted by atomic mass is 16.6. The Morgan fingerprint density at radius 1 is 0.778 bits per heavy atom. The van der Waals surface area contributed by atoms with Crippen LogP contribution in [0.3, 0.4) is 0 Å². The van der Waals surface area contributed by atoms with Crippen LogP contribution in [0.15, 0.2) is 48.6 Å². The molecule has 0 aliphatic rings. The Kier molecular flexibility index (Phi) is 10.1. The van der Waals surface area contributed by atoms with Crippen molar-refractivity contribution in [3.05, 3.63) is 48.6 Å². The van der Waals surface area contributed by atoms with Gasteiger partial charge in [-0.2, -0.15) is 0 Å². The summed E-state index contributed by atoms with van der Waals surface area (Å²) < 4.78 is 9.58. The number of hydrogen-bond donors (Lipinski definition) is 0. The van der Waals surface area contributed by atoms with Gasteiger partial charge in [-0.05, 0) is 13.8 Å². The summed E-state index contributed by atoms with van der Waals surface area (Å²) in [4.78, 5) is 22.1. The SMILES string of the molecule is C/C=C/C=C/C(=O)OCCOC(=O)/C=C/C=C/C. The second-order valence-electron chi connectivity index (χ2n) is 3.10. The van der Waals surface area contributed by atoms with Gasteiger partial charge in [0.2, 0.25) is 0 Å². The number of carbonyl (C=O) groups is 2. The molecule has 4 heteroatoms. The van der Waals surface area contributed by atoms with Crippen molar-refractivity contribution in [3.8, 4) is 0 Å². The largest absolute Gasteiger partial charge is 0.459 e. The highest BCUT2D eigenvalue weighted by molar-refractivity contribution is 5.83. The van der Waals surface area contributed by atoms with E-state index in [-0.39, 0.29) is 13.2 Å². The molecular formula is C14H18O4. The van der Waals surface area contributed by atoms with E-state index in [4.69, 9.17) is 9.47 Å². The zero-order valence-electron chi connectivity index (χ0n) is 10.7. The minimum Gasteiger partial charge on any atom is -0.459 e. The molecule has 0 fully saturated rings. The fourth-order valence-corrected chi connectivity index (χ4v) is 0.871. The fourth-order valence-electron chi connectivity index (χ4n) is 0.871. The predicted molar refractivity (Wildman–Crippen MR) is 69.8 cm³/mol. The first kappa shape index (κ1) is 15.9. The molecule has 0 spiro atoms. The van der Waals surface area contributed by atoms with E-state index in [2.05, 4.69) is 0 Å². The molecule has 0 aromatic carbocycles. The molecule has 18 heavy (non-hydrogen) atoms. The van der Waals surface area contributed by atoms with Crippen molar-refractivity contribution in [3.63, 3.8) is 0 Å². The van der Waals surface area contributed by atoms with Crippen molar-refractivity contribution in [2.45, 2.75) is 13.8 Å². The van der Waals surface area contributed by atoms with Crippen molar-refractivity contribution < 1.29 is 19.1 Å². The van der Waals surface area contributed by atoms with E-state index in [9.17, 15) is 9.59 Å². The normalized spacial score (nSPS) is 11.9. The first-order chi connectivity index (χ1) is 8.70. The van der Waals surface area contributed by atoms with Gasteiger partial charge in [0.25, 0.3) is 0 Å². The summed E-state index contributed by atoms with van der Waals surface area (Å²) >= 11 is 0. The lowest BCUT2D eigenvalue weighted by Crippen LogP contribution is -2.11. The van der Waals surface area contributed by atoms with Crippen LogP contribution in [0.25, 0.3) is 0 Å². The van der Waals surface area contributed by atoms with E-state index in [0.29, 0.717) is 0 Å². The molecule has 0 radical (unpaired) electrons. The lowest BCUT2D eigenvalue weighted by molar-refractivity contribution is -0.146. The van der Waals surface area contributed by atoms with Crippen molar-refractivity contribution in [1.29, 1.82) is 0 Å². The van der Waals surface area contributed by atoms with Crippen LogP contribution in [0.5, 0.6) is 0 Å². The Bertz CT molecular complexity index is 326. The third-order valence-electron chi connectivity index (χ3n) is 1.64. The molecule has 0 rings (SSSR count). The Hall–Kier alpha value is -2.10. The van der Waals surface area contributed by atoms with Crippen molar-refractivity contribution in [2.24, 2.45) is 0 Å². The number of carbonyl (C=O) groups excluding carboxylic acids is 2. The van der Waals surface area contributed by atoms with Crippen LogP contribution >= 0.6 is 0 Å². The van der Waals surface area contributed by atoms with Gasteiger partial charge in [0.05, 0.1) is 0 Å². The van der Waals surface area contributed by atoms with Gasteiger partial charge in [0, 0.05) is 12.2 Å². The zero-order chi connectivity index (χ0) is 13.6. The maximum absolute atomic E-state index is 11.1. The summed E-state index contributed by atoms with van der Waals surface area (Å²) in [5.74, 6) is -0.929. The maximum Gasteiger partial charge on any atom is 0.330 e. The topological polar surface area (TPSA) is 52.6 Å². The van der Waals surface area contributed by atoms with E-state index >= 15 is 0 Å². The van der Waals surface area contributed by atoms with Crippen molar-refractivity contribution >= 4 is 11.9 Å². The number of esters is 2. The summed E-state index contributed by atoms with van der Waals surface area (Å²) in [7, 11) is 0. The van der Waals surface area contributed by atoms with Crippen LogP contribution in [0, 0.1) is 0 Å². The Morgan fingerprint density at radius 3 is 1.50 bits per heavy atom. The van der Waals surface area contributed by atoms with Crippen LogP contribution in [0.1, 0.15) is 13.8 Å². The first-order valence-corrected chi connectivity index (χ1v) is 5.63. The molecular weight excluding hydrogens is 232 g/mol. The fraction of sp³-hybridized carbons (Fsp3) is 0.286. The summed E-state index contributed by atoms with van der Waals surface area (Å²) in [5.41, 5.74) is 0. The number of allylic oxidation sites excluding steroid dienone is 6.